The van der Waals surface area contributed by atoms with Crippen molar-refractivity contribution < 1.29 is 4.79 Å². The number of aromatic nitrogens is 2. The molecule has 0 unspecified atom stereocenters. The van der Waals surface area contributed by atoms with Gasteiger partial charge in [-0.05, 0) is 54.0 Å². The predicted octanol–water partition coefficient (Wildman–Crippen LogP) is 4.10. The zero-order chi connectivity index (χ0) is 22.2. The number of amides is 1. The minimum absolute atomic E-state index is 0.110. The molecule has 0 saturated carbocycles. The van der Waals surface area contributed by atoms with E-state index in [1.807, 2.05) is 47.4 Å². The molecule has 1 aromatic heterocycles. The average Bonchev–Trinajstić information content (AvgIpc) is 3.22. The number of nitrogens with zero attached hydrogens (tertiary/aromatic N) is 4. The molecule has 5 rings (SSSR count). The summed E-state index contributed by atoms with van der Waals surface area (Å²) in [5.74, 6) is -0.0163. The van der Waals surface area contributed by atoms with E-state index in [1.165, 1.54) is 16.7 Å². The van der Waals surface area contributed by atoms with Gasteiger partial charge < -0.3 is 15.5 Å². The number of rotatable bonds is 4. The van der Waals surface area contributed by atoms with Crippen LogP contribution in [0.4, 0.5) is 5.95 Å². The quantitative estimate of drug-likeness (QED) is 0.535. The molecule has 160 valence electrons. The second kappa shape index (κ2) is 8.05. The van der Waals surface area contributed by atoms with Crippen molar-refractivity contribution in [1.29, 1.82) is 0 Å². The van der Waals surface area contributed by atoms with Gasteiger partial charge in [0.25, 0.3) is 5.91 Å². The van der Waals surface area contributed by atoms with Gasteiger partial charge in [0.2, 0.25) is 5.95 Å². The van der Waals surface area contributed by atoms with Crippen LogP contribution in [0.25, 0.3) is 22.0 Å². The molecule has 1 aliphatic heterocycles. The fraction of sp³-hybridized carbons (Fsp3) is 0.192. The largest absolute Gasteiger partial charge is 0.368 e. The molecule has 1 aliphatic rings. The Morgan fingerprint density at radius 2 is 1.66 bits per heavy atom. The first-order chi connectivity index (χ1) is 15.5. The summed E-state index contributed by atoms with van der Waals surface area (Å²) in [6.45, 7) is 1.97. The van der Waals surface area contributed by atoms with E-state index in [9.17, 15) is 4.79 Å². The Balaban J connectivity index is 1.58. The summed E-state index contributed by atoms with van der Waals surface area (Å²) in [5.41, 5.74) is 12.7. The molecule has 2 N–H and O–H groups in total. The standard InChI is InChI=1S/C26H25N5O/c1-30(2)14-20-9-5-6-10-21(20)17-11-12-23-22(13-17)24(29-26(27)28-23)25(32)31-15-18-7-3-4-8-19(18)16-31/h3-13H,14-16H2,1-2H3,(H2,27,28,29). The summed E-state index contributed by atoms with van der Waals surface area (Å²) in [5, 5.41) is 0.720. The molecule has 0 fully saturated rings. The summed E-state index contributed by atoms with van der Waals surface area (Å²) in [4.78, 5) is 26.2. The van der Waals surface area contributed by atoms with E-state index >= 15 is 0 Å². The maximum absolute atomic E-state index is 13.5. The minimum atomic E-state index is -0.126. The van der Waals surface area contributed by atoms with Crippen LogP contribution in [-0.2, 0) is 19.6 Å². The van der Waals surface area contributed by atoms with E-state index < -0.39 is 0 Å². The SMILES string of the molecule is CN(C)Cc1ccccc1-c1ccc2nc(N)nc(C(=O)N3Cc4ccccc4C3)c2c1. The highest BCUT2D eigenvalue weighted by molar-refractivity contribution is 6.05. The number of carbonyl (C=O) groups is 1. The Morgan fingerprint density at radius 1 is 0.969 bits per heavy atom. The first kappa shape index (κ1) is 20.2. The number of benzene rings is 3. The summed E-state index contributed by atoms with van der Waals surface area (Å²) in [7, 11) is 4.11. The van der Waals surface area contributed by atoms with Crippen LogP contribution in [0.15, 0.2) is 66.7 Å². The van der Waals surface area contributed by atoms with Gasteiger partial charge in [0.15, 0.2) is 0 Å². The molecule has 2 heterocycles. The number of hydrogen-bond acceptors (Lipinski definition) is 5. The smallest absolute Gasteiger partial charge is 0.273 e. The number of fused-ring (bicyclic) bond motifs is 2. The van der Waals surface area contributed by atoms with Crippen LogP contribution < -0.4 is 5.73 Å². The summed E-state index contributed by atoms with van der Waals surface area (Å²) < 4.78 is 0. The number of hydrogen-bond donors (Lipinski definition) is 1. The third-order valence-electron chi connectivity index (χ3n) is 5.86. The van der Waals surface area contributed by atoms with Crippen molar-refractivity contribution >= 4 is 22.8 Å². The molecule has 3 aromatic carbocycles. The number of carbonyl (C=O) groups excluding carboxylic acids is 1. The lowest BCUT2D eigenvalue weighted by atomic mass is 9.97. The van der Waals surface area contributed by atoms with Crippen molar-refractivity contribution in [2.75, 3.05) is 19.8 Å². The second-order valence-electron chi connectivity index (χ2n) is 8.49. The summed E-state index contributed by atoms with van der Waals surface area (Å²) in [6.07, 6.45) is 0. The zero-order valence-electron chi connectivity index (χ0n) is 18.2. The van der Waals surface area contributed by atoms with E-state index in [0.717, 1.165) is 23.1 Å². The van der Waals surface area contributed by atoms with Gasteiger partial charge in [0.05, 0.1) is 5.52 Å². The number of nitrogen functional groups attached to an aromatic ring is 1. The number of nitrogens with two attached hydrogens (primary N) is 1. The Bertz CT molecular complexity index is 1310. The van der Waals surface area contributed by atoms with Gasteiger partial charge in [-0.3, -0.25) is 4.79 Å². The van der Waals surface area contributed by atoms with Gasteiger partial charge in [0, 0.05) is 25.0 Å². The summed E-state index contributed by atoms with van der Waals surface area (Å²) >= 11 is 0. The summed E-state index contributed by atoms with van der Waals surface area (Å²) in [6, 6.07) is 22.4. The van der Waals surface area contributed by atoms with Crippen molar-refractivity contribution in [2.24, 2.45) is 0 Å². The van der Waals surface area contributed by atoms with E-state index in [-0.39, 0.29) is 11.9 Å². The lowest BCUT2D eigenvalue weighted by Crippen LogP contribution is -2.27. The maximum Gasteiger partial charge on any atom is 0.273 e. The van der Waals surface area contributed by atoms with Crippen LogP contribution in [0.2, 0.25) is 0 Å². The lowest BCUT2D eigenvalue weighted by Gasteiger charge is -2.17. The van der Waals surface area contributed by atoms with Crippen molar-refractivity contribution in [3.63, 3.8) is 0 Å². The Kier molecular flexibility index (Phi) is 5.07. The molecule has 0 bridgehead atoms. The molecule has 6 heteroatoms. The molecule has 0 atom stereocenters. The third kappa shape index (κ3) is 3.69. The molecule has 0 radical (unpaired) electrons. The predicted molar refractivity (Wildman–Crippen MR) is 127 cm³/mol. The van der Waals surface area contributed by atoms with Crippen molar-refractivity contribution in [3.05, 3.63) is 89.1 Å². The van der Waals surface area contributed by atoms with Gasteiger partial charge in [-0.25, -0.2) is 9.97 Å². The highest BCUT2D eigenvalue weighted by Crippen LogP contribution is 2.30. The van der Waals surface area contributed by atoms with Crippen molar-refractivity contribution in [3.8, 4) is 11.1 Å². The van der Waals surface area contributed by atoms with Gasteiger partial charge in [-0.2, -0.15) is 0 Å². The number of anilines is 1. The van der Waals surface area contributed by atoms with Gasteiger partial charge >= 0.3 is 0 Å². The van der Waals surface area contributed by atoms with Crippen molar-refractivity contribution in [2.45, 2.75) is 19.6 Å². The molecule has 0 saturated heterocycles. The molecule has 32 heavy (non-hydrogen) atoms. The van der Waals surface area contributed by atoms with Crippen LogP contribution >= 0.6 is 0 Å². The van der Waals surface area contributed by atoms with Crippen LogP contribution in [0, 0.1) is 0 Å². The Labute approximate surface area is 187 Å². The normalized spacial score (nSPS) is 13.0. The van der Waals surface area contributed by atoms with E-state index in [1.54, 1.807) is 0 Å². The lowest BCUT2D eigenvalue weighted by molar-refractivity contribution is 0.0747. The fourth-order valence-electron chi connectivity index (χ4n) is 4.38. The molecule has 0 aliphatic carbocycles. The average molecular weight is 424 g/mol. The first-order valence-corrected chi connectivity index (χ1v) is 10.7. The van der Waals surface area contributed by atoms with Crippen LogP contribution in [0.1, 0.15) is 27.2 Å². The molecule has 6 nitrogen and oxygen atoms in total. The molecule has 0 spiro atoms. The Morgan fingerprint density at radius 3 is 2.38 bits per heavy atom. The van der Waals surface area contributed by atoms with Crippen LogP contribution in [-0.4, -0.2) is 39.8 Å². The topological polar surface area (TPSA) is 75.4 Å². The molecular formula is C26H25N5O. The highest BCUT2D eigenvalue weighted by Gasteiger charge is 2.27. The minimum Gasteiger partial charge on any atom is -0.368 e. The van der Waals surface area contributed by atoms with Gasteiger partial charge in [-0.15, -0.1) is 0 Å². The first-order valence-electron chi connectivity index (χ1n) is 10.7. The fourth-order valence-corrected chi connectivity index (χ4v) is 4.38. The Hall–Kier alpha value is -3.77. The molecular weight excluding hydrogens is 398 g/mol. The van der Waals surface area contributed by atoms with Gasteiger partial charge in [0.1, 0.15) is 5.69 Å². The van der Waals surface area contributed by atoms with Crippen molar-refractivity contribution in [1.82, 2.24) is 19.8 Å². The van der Waals surface area contributed by atoms with E-state index in [2.05, 4.69) is 53.2 Å². The monoisotopic (exact) mass is 423 g/mol. The third-order valence-corrected chi connectivity index (χ3v) is 5.86. The molecule has 4 aromatic rings. The zero-order valence-corrected chi connectivity index (χ0v) is 18.2. The van der Waals surface area contributed by atoms with E-state index in [4.69, 9.17) is 5.73 Å². The second-order valence-corrected chi connectivity index (χ2v) is 8.49. The van der Waals surface area contributed by atoms with E-state index in [0.29, 0.717) is 24.3 Å². The highest BCUT2D eigenvalue weighted by atomic mass is 16.2. The molecule has 1 amide bonds. The van der Waals surface area contributed by atoms with Crippen LogP contribution in [0.5, 0.6) is 0 Å². The maximum atomic E-state index is 13.5. The van der Waals surface area contributed by atoms with Crippen LogP contribution in [0.3, 0.4) is 0 Å². The van der Waals surface area contributed by atoms with Gasteiger partial charge in [-0.1, -0.05) is 54.6 Å².